The topological polar surface area (TPSA) is 75.6 Å². The summed E-state index contributed by atoms with van der Waals surface area (Å²) < 4.78 is 40.7. The Balaban J connectivity index is 2.04. The number of nitrogens with one attached hydrogen (secondary N) is 1. The third-order valence-electron chi connectivity index (χ3n) is 3.18. The molecule has 0 saturated heterocycles. The average molecular weight is 338 g/mol. The number of carbonyl (C=O) groups excluding carboxylic acids is 1. The molecule has 0 spiro atoms. The van der Waals surface area contributed by atoms with Crippen molar-refractivity contribution < 1.29 is 32.6 Å². The number of aliphatic carboxylic acids is 1. The van der Waals surface area contributed by atoms with E-state index in [0.29, 0.717) is 0 Å². The lowest BCUT2D eigenvalue weighted by atomic mass is 10.1. The number of hydrogen-bond donors (Lipinski definition) is 2. The van der Waals surface area contributed by atoms with Crippen LogP contribution < -0.4 is 10.1 Å². The Hall–Kier alpha value is -1.96. The molecule has 120 valence electrons. The molecule has 1 aromatic rings. The van der Waals surface area contributed by atoms with Crippen molar-refractivity contribution in [3.63, 3.8) is 0 Å². The van der Waals surface area contributed by atoms with Gasteiger partial charge in [-0.15, -0.1) is 0 Å². The van der Waals surface area contributed by atoms with Crippen LogP contribution in [0.5, 0.6) is 5.75 Å². The van der Waals surface area contributed by atoms with Crippen LogP contribution >= 0.6 is 11.6 Å². The maximum atomic E-state index is 12.1. The van der Waals surface area contributed by atoms with E-state index in [4.69, 9.17) is 16.7 Å². The summed E-state index contributed by atoms with van der Waals surface area (Å²) in [4.78, 5) is 22.9. The van der Waals surface area contributed by atoms with E-state index in [2.05, 4.69) is 10.1 Å². The van der Waals surface area contributed by atoms with Crippen molar-refractivity contribution in [1.29, 1.82) is 0 Å². The Bertz CT molecular complexity index is 614. The molecule has 1 aromatic carbocycles. The maximum absolute atomic E-state index is 12.1. The van der Waals surface area contributed by atoms with Crippen LogP contribution in [0.3, 0.4) is 0 Å². The van der Waals surface area contributed by atoms with E-state index < -0.39 is 30.1 Å². The molecule has 1 saturated carbocycles. The molecule has 0 radical (unpaired) electrons. The van der Waals surface area contributed by atoms with Crippen LogP contribution in [-0.4, -0.2) is 29.8 Å². The zero-order chi connectivity index (χ0) is 16.5. The molecule has 9 heteroatoms. The number of carbonyl (C=O) groups is 2. The lowest BCUT2D eigenvalue weighted by Gasteiger charge is -2.13. The highest BCUT2D eigenvalue weighted by Gasteiger charge is 2.57. The first-order valence-electron chi connectivity index (χ1n) is 6.18. The molecule has 5 nitrogen and oxygen atoms in total. The SMILES string of the molecule is O=C(O)C1(C(=O)Nc2ccc(OCC(F)(F)F)c(Cl)c2)CC1. The molecule has 2 N–H and O–H groups in total. The van der Waals surface area contributed by atoms with E-state index in [9.17, 15) is 22.8 Å². The van der Waals surface area contributed by atoms with Crippen molar-refractivity contribution in [2.45, 2.75) is 19.0 Å². The number of amides is 1. The molecule has 0 aromatic heterocycles. The van der Waals surface area contributed by atoms with Crippen LogP contribution in [0.2, 0.25) is 5.02 Å². The maximum Gasteiger partial charge on any atom is 0.422 e. The zero-order valence-corrected chi connectivity index (χ0v) is 11.8. The molecular formula is C13H11ClF3NO4. The van der Waals surface area contributed by atoms with Gasteiger partial charge in [-0.2, -0.15) is 13.2 Å². The standard InChI is InChI=1S/C13H11ClF3NO4/c14-8-5-7(1-2-9(8)22-6-13(15,16)17)18-10(19)12(3-4-12)11(20)21/h1-2,5H,3-4,6H2,(H,18,19)(H,20,21). The highest BCUT2D eigenvalue weighted by molar-refractivity contribution is 6.32. The fourth-order valence-electron chi connectivity index (χ4n) is 1.77. The number of rotatable bonds is 5. The van der Waals surface area contributed by atoms with Gasteiger partial charge in [-0.1, -0.05) is 11.6 Å². The number of carboxylic acids is 1. The van der Waals surface area contributed by atoms with Gasteiger partial charge in [0.1, 0.15) is 11.2 Å². The van der Waals surface area contributed by atoms with Gasteiger partial charge in [0.2, 0.25) is 5.91 Å². The minimum atomic E-state index is -4.49. The molecular weight excluding hydrogens is 327 g/mol. The Kier molecular flexibility index (Phi) is 4.23. The molecule has 0 heterocycles. The van der Waals surface area contributed by atoms with E-state index >= 15 is 0 Å². The Morgan fingerprint density at radius 1 is 1.36 bits per heavy atom. The fraction of sp³-hybridized carbons (Fsp3) is 0.385. The second kappa shape index (κ2) is 5.68. The lowest BCUT2D eigenvalue weighted by molar-refractivity contribution is -0.153. The largest absolute Gasteiger partial charge is 0.483 e. The quantitative estimate of drug-likeness (QED) is 0.810. The summed E-state index contributed by atoms with van der Waals surface area (Å²) in [6, 6.07) is 3.65. The highest BCUT2D eigenvalue weighted by Crippen LogP contribution is 2.47. The second-order valence-electron chi connectivity index (χ2n) is 4.89. The van der Waals surface area contributed by atoms with Crippen molar-refractivity contribution in [3.05, 3.63) is 23.2 Å². The first kappa shape index (κ1) is 16.4. The summed E-state index contributed by atoms with van der Waals surface area (Å²) in [6.45, 7) is -1.49. The first-order valence-corrected chi connectivity index (χ1v) is 6.56. The summed E-state index contributed by atoms with van der Waals surface area (Å²) in [6.07, 6.45) is -4.00. The predicted molar refractivity (Wildman–Crippen MR) is 70.9 cm³/mol. The molecule has 1 amide bonds. The molecule has 0 atom stereocenters. The highest BCUT2D eigenvalue weighted by atomic mass is 35.5. The number of carboxylic acid groups (broad SMARTS) is 1. The Morgan fingerprint density at radius 3 is 2.45 bits per heavy atom. The smallest absolute Gasteiger partial charge is 0.422 e. The molecule has 22 heavy (non-hydrogen) atoms. The summed E-state index contributed by atoms with van der Waals surface area (Å²) in [7, 11) is 0. The van der Waals surface area contributed by atoms with Gasteiger partial charge in [-0.05, 0) is 31.0 Å². The summed E-state index contributed by atoms with van der Waals surface area (Å²) in [5.41, 5.74) is -1.24. The molecule has 1 aliphatic carbocycles. The number of alkyl halides is 3. The van der Waals surface area contributed by atoms with Gasteiger partial charge in [-0.3, -0.25) is 9.59 Å². The van der Waals surface area contributed by atoms with E-state index in [1.807, 2.05) is 0 Å². The van der Waals surface area contributed by atoms with Crippen molar-refractivity contribution >= 4 is 29.2 Å². The van der Waals surface area contributed by atoms with Crippen molar-refractivity contribution in [3.8, 4) is 5.75 Å². The molecule has 1 fully saturated rings. The van der Waals surface area contributed by atoms with Gasteiger partial charge < -0.3 is 15.2 Å². The summed E-state index contributed by atoms with van der Waals surface area (Å²) in [5, 5.41) is 11.2. The minimum Gasteiger partial charge on any atom is -0.483 e. The third-order valence-corrected chi connectivity index (χ3v) is 3.47. The first-order chi connectivity index (χ1) is 10.1. The van der Waals surface area contributed by atoms with Gasteiger partial charge in [0.05, 0.1) is 5.02 Å². The van der Waals surface area contributed by atoms with Gasteiger partial charge >= 0.3 is 12.1 Å². The molecule has 2 rings (SSSR count). The van der Waals surface area contributed by atoms with Crippen LogP contribution in [0.25, 0.3) is 0 Å². The van der Waals surface area contributed by atoms with Crippen LogP contribution in [0.1, 0.15) is 12.8 Å². The normalized spacial score (nSPS) is 16.0. The summed E-state index contributed by atoms with van der Waals surface area (Å²) >= 11 is 5.77. The monoisotopic (exact) mass is 337 g/mol. The molecule has 1 aliphatic rings. The lowest BCUT2D eigenvalue weighted by Crippen LogP contribution is -2.31. The van der Waals surface area contributed by atoms with E-state index in [1.54, 1.807) is 0 Å². The van der Waals surface area contributed by atoms with E-state index in [-0.39, 0.29) is 29.3 Å². The van der Waals surface area contributed by atoms with E-state index in [0.717, 1.165) is 0 Å². The molecule has 0 bridgehead atoms. The van der Waals surface area contributed by atoms with Crippen molar-refractivity contribution in [1.82, 2.24) is 0 Å². The van der Waals surface area contributed by atoms with Gasteiger partial charge in [0, 0.05) is 5.69 Å². The molecule has 0 unspecified atom stereocenters. The van der Waals surface area contributed by atoms with Crippen LogP contribution in [-0.2, 0) is 9.59 Å². The number of anilines is 1. The van der Waals surface area contributed by atoms with Crippen LogP contribution in [0.4, 0.5) is 18.9 Å². The number of halogens is 4. The van der Waals surface area contributed by atoms with Gasteiger partial charge in [-0.25, -0.2) is 0 Å². The zero-order valence-electron chi connectivity index (χ0n) is 11.0. The third kappa shape index (κ3) is 3.62. The number of benzene rings is 1. The van der Waals surface area contributed by atoms with Gasteiger partial charge in [0.25, 0.3) is 0 Å². The van der Waals surface area contributed by atoms with Crippen molar-refractivity contribution in [2.24, 2.45) is 5.41 Å². The minimum absolute atomic E-state index is 0.123. The average Bonchev–Trinajstić information content (AvgIpc) is 3.18. The van der Waals surface area contributed by atoms with Crippen molar-refractivity contribution in [2.75, 3.05) is 11.9 Å². The van der Waals surface area contributed by atoms with Crippen LogP contribution in [0.15, 0.2) is 18.2 Å². The predicted octanol–water partition coefficient (Wildman–Crippen LogP) is 3.08. The second-order valence-corrected chi connectivity index (χ2v) is 5.30. The van der Waals surface area contributed by atoms with Crippen LogP contribution in [0, 0.1) is 5.41 Å². The van der Waals surface area contributed by atoms with E-state index in [1.165, 1.54) is 18.2 Å². The molecule has 0 aliphatic heterocycles. The number of ether oxygens (including phenoxy) is 1. The number of hydrogen-bond acceptors (Lipinski definition) is 3. The Labute approximate surface area is 128 Å². The Morgan fingerprint density at radius 2 is 2.00 bits per heavy atom. The van der Waals surface area contributed by atoms with Gasteiger partial charge in [0.15, 0.2) is 6.61 Å². The fourth-order valence-corrected chi connectivity index (χ4v) is 2.00. The summed E-state index contributed by atoms with van der Waals surface area (Å²) in [5.74, 6) is -2.07.